The van der Waals surface area contributed by atoms with Gasteiger partial charge in [-0.2, -0.15) is 5.10 Å². The molecule has 100 valence electrons. The van der Waals surface area contributed by atoms with Gasteiger partial charge in [0.15, 0.2) is 5.82 Å². The van der Waals surface area contributed by atoms with Gasteiger partial charge in [0.2, 0.25) is 0 Å². The first-order chi connectivity index (χ1) is 8.69. The van der Waals surface area contributed by atoms with E-state index in [2.05, 4.69) is 5.10 Å². The second-order valence-corrected chi connectivity index (χ2v) is 5.71. The molecule has 0 radical (unpaired) electrons. The Labute approximate surface area is 108 Å². The standard InChI is InChI=1S/C13H22N4O/c1-17-12(13(14)7-8-18-9-13)15-11(16-17)10-5-3-2-4-6-10/h10H,2-9,14H2,1H3. The van der Waals surface area contributed by atoms with Crippen molar-refractivity contribution in [3.63, 3.8) is 0 Å². The largest absolute Gasteiger partial charge is 0.379 e. The summed E-state index contributed by atoms with van der Waals surface area (Å²) < 4.78 is 7.28. The Morgan fingerprint density at radius 1 is 1.33 bits per heavy atom. The zero-order chi connectivity index (χ0) is 12.6. The molecule has 2 aliphatic rings. The molecule has 5 heteroatoms. The van der Waals surface area contributed by atoms with Crippen molar-refractivity contribution < 1.29 is 4.74 Å². The smallest absolute Gasteiger partial charge is 0.154 e. The fourth-order valence-electron chi connectivity index (χ4n) is 3.13. The number of ether oxygens (including phenoxy) is 1. The lowest BCUT2D eigenvalue weighted by Gasteiger charge is -2.20. The van der Waals surface area contributed by atoms with E-state index < -0.39 is 5.54 Å². The van der Waals surface area contributed by atoms with Crippen LogP contribution in [0.4, 0.5) is 0 Å². The third-order valence-corrected chi connectivity index (χ3v) is 4.25. The van der Waals surface area contributed by atoms with Gasteiger partial charge < -0.3 is 10.5 Å². The zero-order valence-electron chi connectivity index (χ0n) is 11.1. The quantitative estimate of drug-likeness (QED) is 0.862. The minimum absolute atomic E-state index is 0.436. The van der Waals surface area contributed by atoms with Gasteiger partial charge in [-0.3, -0.25) is 4.68 Å². The Morgan fingerprint density at radius 2 is 2.11 bits per heavy atom. The predicted molar refractivity (Wildman–Crippen MR) is 68.1 cm³/mol. The van der Waals surface area contributed by atoms with Crippen molar-refractivity contribution in [1.82, 2.24) is 14.8 Å². The van der Waals surface area contributed by atoms with Crippen LogP contribution in [0.3, 0.4) is 0 Å². The maximum atomic E-state index is 6.38. The van der Waals surface area contributed by atoms with E-state index in [-0.39, 0.29) is 0 Å². The first kappa shape index (κ1) is 12.1. The second-order valence-electron chi connectivity index (χ2n) is 5.71. The van der Waals surface area contributed by atoms with Crippen LogP contribution in [-0.4, -0.2) is 28.0 Å². The van der Waals surface area contributed by atoms with Crippen LogP contribution in [0, 0.1) is 0 Å². The van der Waals surface area contributed by atoms with E-state index in [1.54, 1.807) is 0 Å². The molecule has 1 aliphatic carbocycles. The third-order valence-electron chi connectivity index (χ3n) is 4.25. The van der Waals surface area contributed by atoms with Crippen LogP contribution < -0.4 is 5.73 Å². The maximum Gasteiger partial charge on any atom is 0.154 e. The maximum absolute atomic E-state index is 6.38. The summed E-state index contributed by atoms with van der Waals surface area (Å²) in [6.07, 6.45) is 7.23. The van der Waals surface area contributed by atoms with Crippen LogP contribution in [0.25, 0.3) is 0 Å². The van der Waals surface area contributed by atoms with Crippen molar-refractivity contribution in [3.8, 4) is 0 Å². The molecule has 2 fully saturated rings. The molecule has 5 nitrogen and oxygen atoms in total. The van der Waals surface area contributed by atoms with Gasteiger partial charge in [0.1, 0.15) is 11.4 Å². The first-order valence-electron chi connectivity index (χ1n) is 6.97. The first-order valence-corrected chi connectivity index (χ1v) is 6.97. The van der Waals surface area contributed by atoms with E-state index in [0.29, 0.717) is 12.5 Å². The number of hydrogen-bond acceptors (Lipinski definition) is 4. The summed E-state index contributed by atoms with van der Waals surface area (Å²) in [5.41, 5.74) is 5.94. The highest BCUT2D eigenvalue weighted by molar-refractivity contribution is 5.11. The van der Waals surface area contributed by atoms with E-state index in [0.717, 1.165) is 24.7 Å². The van der Waals surface area contributed by atoms with Crippen LogP contribution in [0.2, 0.25) is 0 Å². The van der Waals surface area contributed by atoms with Crippen molar-refractivity contribution >= 4 is 0 Å². The van der Waals surface area contributed by atoms with E-state index >= 15 is 0 Å². The van der Waals surface area contributed by atoms with Crippen molar-refractivity contribution in [2.45, 2.75) is 50.0 Å². The highest BCUT2D eigenvalue weighted by Crippen LogP contribution is 2.33. The highest BCUT2D eigenvalue weighted by atomic mass is 16.5. The van der Waals surface area contributed by atoms with Crippen molar-refractivity contribution in [3.05, 3.63) is 11.6 Å². The molecule has 0 amide bonds. The molecule has 18 heavy (non-hydrogen) atoms. The minimum Gasteiger partial charge on any atom is -0.379 e. The molecule has 0 aromatic carbocycles. The number of rotatable bonds is 2. The minimum atomic E-state index is -0.436. The average Bonchev–Trinajstić information content (AvgIpc) is 2.98. The Balaban J connectivity index is 1.85. The van der Waals surface area contributed by atoms with Crippen LogP contribution in [0.1, 0.15) is 56.1 Å². The molecule has 0 spiro atoms. The SMILES string of the molecule is Cn1nc(C2CCCCC2)nc1C1(N)CCOC1. The number of aromatic nitrogens is 3. The van der Waals surface area contributed by atoms with Gasteiger partial charge in [-0.15, -0.1) is 0 Å². The third kappa shape index (κ3) is 2.06. The number of nitrogens with zero attached hydrogens (tertiary/aromatic N) is 3. The number of aryl methyl sites for hydroxylation is 1. The fraction of sp³-hybridized carbons (Fsp3) is 0.846. The lowest BCUT2D eigenvalue weighted by molar-refractivity contribution is 0.175. The molecule has 1 aliphatic heterocycles. The topological polar surface area (TPSA) is 66.0 Å². The average molecular weight is 250 g/mol. The van der Waals surface area contributed by atoms with Gasteiger partial charge >= 0.3 is 0 Å². The lowest BCUT2D eigenvalue weighted by Crippen LogP contribution is -2.39. The highest BCUT2D eigenvalue weighted by Gasteiger charge is 2.37. The van der Waals surface area contributed by atoms with Crippen LogP contribution >= 0.6 is 0 Å². The summed E-state index contributed by atoms with van der Waals surface area (Å²) in [5, 5.41) is 4.59. The molecule has 2 N–H and O–H groups in total. The Bertz CT molecular complexity index is 417. The summed E-state index contributed by atoms with van der Waals surface area (Å²) >= 11 is 0. The summed E-state index contributed by atoms with van der Waals surface area (Å²) in [4.78, 5) is 4.73. The van der Waals surface area contributed by atoms with Gasteiger partial charge in [0, 0.05) is 19.6 Å². The van der Waals surface area contributed by atoms with Gasteiger partial charge in [-0.05, 0) is 19.3 Å². The monoisotopic (exact) mass is 250 g/mol. The van der Waals surface area contributed by atoms with Crippen molar-refractivity contribution in [2.24, 2.45) is 12.8 Å². The molecule has 1 atom stereocenters. The Kier molecular flexibility index (Phi) is 3.11. The van der Waals surface area contributed by atoms with Crippen molar-refractivity contribution in [1.29, 1.82) is 0 Å². The molecule has 1 aromatic heterocycles. The summed E-state index contributed by atoms with van der Waals surface area (Å²) in [6.45, 7) is 1.28. The van der Waals surface area contributed by atoms with Crippen LogP contribution in [-0.2, 0) is 17.3 Å². The fourth-order valence-corrected chi connectivity index (χ4v) is 3.13. The molecule has 1 aromatic rings. The molecular formula is C13H22N4O. The summed E-state index contributed by atoms with van der Waals surface area (Å²) in [5.74, 6) is 2.41. The van der Waals surface area contributed by atoms with E-state index in [9.17, 15) is 0 Å². The predicted octanol–water partition coefficient (Wildman–Crippen LogP) is 1.44. The van der Waals surface area contributed by atoms with Crippen molar-refractivity contribution in [2.75, 3.05) is 13.2 Å². The molecule has 1 saturated heterocycles. The van der Waals surface area contributed by atoms with Crippen LogP contribution in [0.5, 0.6) is 0 Å². The number of nitrogens with two attached hydrogens (primary N) is 1. The summed E-state index contributed by atoms with van der Waals surface area (Å²) in [7, 11) is 1.95. The molecule has 3 rings (SSSR count). The van der Waals surface area contributed by atoms with Gasteiger partial charge in [-0.1, -0.05) is 19.3 Å². The number of hydrogen-bond donors (Lipinski definition) is 1. The van der Waals surface area contributed by atoms with Gasteiger partial charge in [0.25, 0.3) is 0 Å². The molecule has 0 bridgehead atoms. The molecule has 1 saturated carbocycles. The van der Waals surface area contributed by atoms with Gasteiger partial charge in [0.05, 0.1) is 6.61 Å². The van der Waals surface area contributed by atoms with E-state index in [1.165, 1.54) is 32.1 Å². The lowest BCUT2D eigenvalue weighted by atomic mass is 9.89. The van der Waals surface area contributed by atoms with Crippen LogP contribution in [0.15, 0.2) is 0 Å². The van der Waals surface area contributed by atoms with Gasteiger partial charge in [-0.25, -0.2) is 4.98 Å². The Hall–Kier alpha value is -0.940. The summed E-state index contributed by atoms with van der Waals surface area (Å²) in [6, 6.07) is 0. The molecule has 2 heterocycles. The molecule has 1 unspecified atom stereocenters. The van der Waals surface area contributed by atoms with E-state index in [1.807, 2.05) is 11.7 Å². The van der Waals surface area contributed by atoms with E-state index in [4.69, 9.17) is 15.5 Å². The second kappa shape index (κ2) is 4.63. The molecular weight excluding hydrogens is 228 g/mol. The zero-order valence-corrected chi connectivity index (χ0v) is 11.1. The normalized spacial score (nSPS) is 29.9. The Morgan fingerprint density at radius 3 is 2.78 bits per heavy atom.